The van der Waals surface area contributed by atoms with Crippen LogP contribution in [-0.4, -0.2) is 20.5 Å². The zero-order valence-corrected chi connectivity index (χ0v) is 12.3. The van der Waals surface area contributed by atoms with E-state index in [9.17, 15) is 21.6 Å². The predicted molar refractivity (Wildman–Crippen MR) is 69.9 cm³/mol. The van der Waals surface area contributed by atoms with Crippen molar-refractivity contribution in [1.29, 1.82) is 0 Å². The summed E-state index contributed by atoms with van der Waals surface area (Å²) in [6, 6.07) is 2.39. The summed E-state index contributed by atoms with van der Waals surface area (Å²) in [5.74, 6) is 0. The summed E-state index contributed by atoms with van der Waals surface area (Å²) < 4.78 is 64.0. The zero-order valence-electron chi connectivity index (χ0n) is 10.8. The molecule has 1 aromatic carbocycles. The standard InChI is InChI=1S/C11H14ClF3N2O2S/c1-10(2,16)6-17-20(18,19)7-3-4-9(12)8(5-7)11(13,14)15/h3-5,17H,6,16H2,1-2H3. The molecule has 0 aliphatic carbocycles. The van der Waals surface area contributed by atoms with Crippen molar-refractivity contribution in [2.75, 3.05) is 6.54 Å². The van der Waals surface area contributed by atoms with E-state index in [1.165, 1.54) is 0 Å². The van der Waals surface area contributed by atoms with Gasteiger partial charge in [0.25, 0.3) is 0 Å². The molecule has 20 heavy (non-hydrogen) atoms. The van der Waals surface area contributed by atoms with Crippen molar-refractivity contribution in [1.82, 2.24) is 4.72 Å². The first-order chi connectivity index (χ1) is 8.83. The van der Waals surface area contributed by atoms with Gasteiger partial charge in [-0.05, 0) is 32.0 Å². The van der Waals surface area contributed by atoms with Crippen LogP contribution in [0.5, 0.6) is 0 Å². The molecule has 0 fully saturated rings. The largest absolute Gasteiger partial charge is 0.417 e. The number of benzene rings is 1. The third-order valence-electron chi connectivity index (χ3n) is 2.27. The van der Waals surface area contributed by atoms with Gasteiger partial charge in [0, 0.05) is 12.1 Å². The first-order valence-electron chi connectivity index (χ1n) is 5.48. The van der Waals surface area contributed by atoms with E-state index < -0.39 is 37.2 Å². The topological polar surface area (TPSA) is 72.2 Å². The van der Waals surface area contributed by atoms with Crippen LogP contribution in [0.3, 0.4) is 0 Å². The molecule has 0 aromatic heterocycles. The Morgan fingerprint density at radius 2 is 1.85 bits per heavy atom. The predicted octanol–water partition coefficient (Wildman–Crippen LogP) is 2.37. The quantitative estimate of drug-likeness (QED) is 0.890. The molecule has 0 radical (unpaired) electrons. The first kappa shape index (κ1) is 17.2. The Morgan fingerprint density at radius 3 is 2.30 bits per heavy atom. The summed E-state index contributed by atoms with van der Waals surface area (Å²) >= 11 is 5.43. The lowest BCUT2D eigenvalue weighted by molar-refractivity contribution is -0.137. The molecule has 3 N–H and O–H groups in total. The number of halogens is 4. The maximum Gasteiger partial charge on any atom is 0.417 e. The van der Waals surface area contributed by atoms with Crippen LogP contribution >= 0.6 is 11.6 Å². The van der Waals surface area contributed by atoms with Crippen molar-refractivity contribution < 1.29 is 21.6 Å². The maximum absolute atomic E-state index is 12.7. The third kappa shape index (κ3) is 4.62. The number of alkyl halides is 3. The highest BCUT2D eigenvalue weighted by Crippen LogP contribution is 2.35. The number of nitrogens with one attached hydrogen (secondary N) is 1. The molecule has 0 amide bonds. The molecule has 1 rings (SSSR count). The third-order valence-corrected chi connectivity index (χ3v) is 4.00. The van der Waals surface area contributed by atoms with E-state index in [0.717, 1.165) is 12.1 Å². The molecule has 114 valence electrons. The fraction of sp³-hybridized carbons (Fsp3) is 0.455. The van der Waals surface area contributed by atoms with Gasteiger partial charge in [-0.2, -0.15) is 13.2 Å². The van der Waals surface area contributed by atoms with E-state index in [4.69, 9.17) is 17.3 Å². The minimum absolute atomic E-state index is 0.112. The molecular weight excluding hydrogens is 317 g/mol. The van der Waals surface area contributed by atoms with Gasteiger partial charge in [-0.3, -0.25) is 0 Å². The van der Waals surface area contributed by atoms with Gasteiger partial charge in [-0.25, -0.2) is 13.1 Å². The molecule has 9 heteroatoms. The van der Waals surface area contributed by atoms with Crippen molar-refractivity contribution in [3.05, 3.63) is 28.8 Å². The number of hydrogen-bond acceptors (Lipinski definition) is 3. The summed E-state index contributed by atoms with van der Waals surface area (Å²) in [5, 5.41) is -0.560. The van der Waals surface area contributed by atoms with Crippen molar-refractivity contribution in [2.45, 2.75) is 30.5 Å². The summed E-state index contributed by atoms with van der Waals surface area (Å²) in [6.45, 7) is 3.05. The molecule has 0 unspecified atom stereocenters. The van der Waals surface area contributed by atoms with Crippen molar-refractivity contribution >= 4 is 21.6 Å². The minimum Gasteiger partial charge on any atom is -0.324 e. The second kappa shape index (κ2) is 5.51. The van der Waals surface area contributed by atoms with Gasteiger partial charge in [-0.15, -0.1) is 0 Å². The van der Waals surface area contributed by atoms with Gasteiger partial charge < -0.3 is 5.73 Å². The maximum atomic E-state index is 12.7. The highest BCUT2D eigenvalue weighted by Gasteiger charge is 2.34. The number of sulfonamides is 1. The monoisotopic (exact) mass is 330 g/mol. The Morgan fingerprint density at radius 1 is 1.30 bits per heavy atom. The fourth-order valence-corrected chi connectivity index (χ4v) is 2.73. The Balaban J connectivity index is 3.15. The number of rotatable bonds is 4. The lowest BCUT2D eigenvalue weighted by Gasteiger charge is -2.19. The molecule has 0 spiro atoms. The van der Waals surface area contributed by atoms with E-state index >= 15 is 0 Å². The average molecular weight is 331 g/mol. The van der Waals surface area contributed by atoms with Crippen LogP contribution in [0, 0.1) is 0 Å². The molecule has 0 saturated heterocycles. The van der Waals surface area contributed by atoms with E-state index in [1.807, 2.05) is 0 Å². The Kier molecular flexibility index (Phi) is 4.75. The molecule has 0 aliphatic heterocycles. The van der Waals surface area contributed by atoms with Crippen molar-refractivity contribution in [3.8, 4) is 0 Å². The van der Waals surface area contributed by atoms with Crippen LogP contribution in [0.1, 0.15) is 19.4 Å². The van der Waals surface area contributed by atoms with Crippen molar-refractivity contribution in [3.63, 3.8) is 0 Å². The molecule has 0 saturated carbocycles. The van der Waals surface area contributed by atoms with E-state index in [0.29, 0.717) is 6.07 Å². The minimum atomic E-state index is -4.73. The summed E-state index contributed by atoms with van der Waals surface area (Å²) in [6.07, 6.45) is -4.73. The van der Waals surface area contributed by atoms with E-state index in [1.54, 1.807) is 13.8 Å². The summed E-state index contributed by atoms with van der Waals surface area (Å²) in [7, 11) is -4.08. The summed E-state index contributed by atoms with van der Waals surface area (Å²) in [4.78, 5) is -0.515. The van der Waals surface area contributed by atoms with Gasteiger partial charge in [0.05, 0.1) is 15.5 Å². The Bertz CT molecular complexity index is 595. The second-order valence-electron chi connectivity index (χ2n) is 4.95. The van der Waals surface area contributed by atoms with Crippen LogP contribution in [0.2, 0.25) is 5.02 Å². The molecule has 0 bridgehead atoms. The van der Waals surface area contributed by atoms with Gasteiger partial charge in [0.15, 0.2) is 0 Å². The second-order valence-corrected chi connectivity index (χ2v) is 7.13. The lowest BCUT2D eigenvalue weighted by atomic mass is 10.1. The molecule has 0 aliphatic rings. The van der Waals surface area contributed by atoms with E-state index in [2.05, 4.69) is 4.72 Å². The van der Waals surface area contributed by atoms with Crippen LogP contribution < -0.4 is 10.5 Å². The first-order valence-corrected chi connectivity index (χ1v) is 7.34. The lowest BCUT2D eigenvalue weighted by Crippen LogP contribution is -2.45. The fourth-order valence-electron chi connectivity index (χ4n) is 1.25. The average Bonchev–Trinajstić information content (AvgIpc) is 2.24. The Labute approximate surface area is 120 Å². The highest BCUT2D eigenvalue weighted by atomic mass is 35.5. The van der Waals surface area contributed by atoms with Gasteiger partial charge in [0.1, 0.15) is 0 Å². The van der Waals surface area contributed by atoms with Crippen molar-refractivity contribution in [2.24, 2.45) is 5.73 Å². The smallest absolute Gasteiger partial charge is 0.324 e. The molecular formula is C11H14ClF3N2O2S. The SMILES string of the molecule is CC(C)(N)CNS(=O)(=O)c1ccc(Cl)c(C(F)(F)F)c1. The van der Waals surface area contributed by atoms with Crippen LogP contribution in [0.15, 0.2) is 23.1 Å². The molecule has 0 atom stereocenters. The normalized spacial score (nSPS) is 13.6. The van der Waals surface area contributed by atoms with E-state index in [-0.39, 0.29) is 6.54 Å². The number of nitrogens with two attached hydrogens (primary N) is 1. The molecule has 4 nitrogen and oxygen atoms in total. The zero-order chi connectivity index (χ0) is 15.8. The van der Waals surface area contributed by atoms with Crippen LogP contribution in [0.25, 0.3) is 0 Å². The molecule has 0 heterocycles. The van der Waals surface area contributed by atoms with Crippen LogP contribution in [0.4, 0.5) is 13.2 Å². The van der Waals surface area contributed by atoms with Crippen LogP contribution in [-0.2, 0) is 16.2 Å². The van der Waals surface area contributed by atoms with Gasteiger partial charge in [-0.1, -0.05) is 11.6 Å². The van der Waals surface area contributed by atoms with Gasteiger partial charge in [0.2, 0.25) is 10.0 Å². The van der Waals surface area contributed by atoms with Gasteiger partial charge >= 0.3 is 6.18 Å². The summed E-state index contributed by atoms with van der Waals surface area (Å²) in [5.41, 5.74) is 3.59. The highest BCUT2D eigenvalue weighted by molar-refractivity contribution is 7.89. The Hall–Kier alpha value is -0.830. The molecule has 1 aromatic rings. The number of hydrogen-bond donors (Lipinski definition) is 2.